The third kappa shape index (κ3) is 4.47. The first-order valence-corrected chi connectivity index (χ1v) is 18.3. The van der Waals surface area contributed by atoms with E-state index in [9.17, 15) is 0 Å². The molecule has 2 heterocycles. The predicted octanol–water partition coefficient (Wildman–Crippen LogP) is 12.2. The molecule has 4 heteroatoms. The quantitative estimate of drug-likeness (QED) is 0.185. The number of fused-ring (bicyclic) bond motifs is 11. The lowest BCUT2D eigenvalue weighted by Gasteiger charge is -2.39. The largest absolute Gasteiger partial charge is 0.456 e. The topological polar surface area (TPSA) is 47.9 Å². The van der Waals surface area contributed by atoms with E-state index in [-0.39, 0.29) is 0 Å². The normalized spacial score (nSPS) is 13.1. The molecule has 0 atom stereocenters. The standard InChI is InChI=1S/C50H31N3O/c1-3-14-32(15-4-1)33-26-28-35(29-27-33)48-51-47(34-16-5-2-6-17-34)52-49(53-48)40-21-13-20-39-36(40)30-31-44-46(39)54-45-25-12-11-24-43(45)50(44)41-22-9-7-18-37(41)38-19-8-10-23-42(38)50/h1-31H. The van der Waals surface area contributed by atoms with Gasteiger partial charge in [0.2, 0.25) is 0 Å². The maximum Gasteiger partial charge on any atom is 0.164 e. The van der Waals surface area contributed by atoms with Crippen LogP contribution in [0.25, 0.3) is 67.2 Å². The maximum absolute atomic E-state index is 6.98. The number of rotatable bonds is 4. The molecule has 1 aliphatic heterocycles. The van der Waals surface area contributed by atoms with Crippen LogP contribution in [0.15, 0.2) is 188 Å². The zero-order valence-electron chi connectivity index (χ0n) is 29.1. The second-order valence-corrected chi connectivity index (χ2v) is 13.9. The van der Waals surface area contributed by atoms with E-state index in [0.29, 0.717) is 17.5 Å². The Hall–Kier alpha value is -7.17. The molecule has 8 aromatic carbocycles. The summed E-state index contributed by atoms with van der Waals surface area (Å²) in [6.07, 6.45) is 0. The Morgan fingerprint density at radius 1 is 0.315 bits per heavy atom. The first kappa shape index (κ1) is 30.5. The number of para-hydroxylation sites is 1. The molecule has 0 N–H and O–H groups in total. The monoisotopic (exact) mass is 689 g/mol. The van der Waals surface area contributed by atoms with Gasteiger partial charge in [-0.25, -0.2) is 15.0 Å². The molecule has 9 aromatic rings. The van der Waals surface area contributed by atoms with Crippen molar-refractivity contribution >= 4 is 10.8 Å². The van der Waals surface area contributed by atoms with Crippen LogP contribution >= 0.6 is 0 Å². The number of nitrogens with zero attached hydrogens (tertiary/aromatic N) is 3. The molecule has 1 aliphatic carbocycles. The summed E-state index contributed by atoms with van der Waals surface area (Å²) in [6.45, 7) is 0. The molecule has 4 nitrogen and oxygen atoms in total. The molecule has 1 spiro atoms. The third-order valence-electron chi connectivity index (χ3n) is 11.0. The second kappa shape index (κ2) is 11.9. The molecule has 0 radical (unpaired) electrons. The molecule has 11 rings (SSSR count). The van der Waals surface area contributed by atoms with Crippen LogP contribution in [0.1, 0.15) is 22.3 Å². The number of benzene rings is 8. The van der Waals surface area contributed by atoms with Crippen LogP contribution in [-0.2, 0) is 5.41 Å². The molecule has 0 bridgehead atoms. The summed E-state index contributed by atoms with van der Waals surface area (Å²) in [5.74, 6) is 3.58. The molecule has 0 saturated carbocycles. The van der Waals surface area contributed by atoms with Crippen molar-refractivity contribution in [3.8, 4) is 67.9 Å². The number of hydrogen-bond acceptors (Lipinski definition) is 4. The van der Waals surface area contributed by atoms with Crippen molar-refractivity contribution in [3.05, 3.63) is 210 Å². The Kier molecular flexibility index (Phi) is 6.73. The number of ether oxygens (including phenoxy) is 1. The van der Waals surface area contributed by atoms with E-state index in [0.717, 1.165) is 55.7 Å². The summed E-state index contributed by atoms with van der Waals surface area (Å²) in [6, 6.07) is 66.0. The van der Waals surface area contributed by atoms with E-state index in [4.69, 9.17) is 19.7 Å². The minimum atomic E-state index is -0.533. The summed E-state index contributed by atoms with van der Waals surface area (Å²) in [7, 11) is 0. The van der Waals surface area contributed by atoms with E-state index in [1.54, 1.807) is 0 Å². The summed E-state index contributed by atoms with van der Waals surface area (Å²) in [5.41, 5.74) is 11.9. The Bertz CT molecular complexity index is 2860. The first-order chi connectivity index (χ1) is 26.8. The highest BCUT2D eigenvalue weighted by Crippen LogP contribution is 2.63. The van der Waals surface area contributed by atoms with Crippen molar-refractivity contribution in [1.82, 2.24) is 15.0 Å². The predicted molar refractivity (Wildman–Crippen MR) is 216 cm³/mol. The molecule has 0 amide bonds. The highest BCUT2D eigenvalue weighted by Gasteiger charge is 2.51. The third-order valence-corrected chi connectivity index (χ3v) is 11.0. The lowest BCUT2D eigenvalue weighted by Crippen LogP contribution is -2.32. The SMILES string of the molecule is c1ccc(-c2ccc(-c3nc(-c4ccccc4)nc(-c4cccc5c6c(ccc45)C4(c5ccccc5O6)c5ccccc5-c5ccccc54)n3)cc2)cc1. The lowest BCUT2D eigenvalue weighted by atomic mass is 9.65. The van der Waals surface area contributed by atoms with Crippen LogP contribution in [0.2, 0.25) is 0 Å². The number of hydrogen-bond donors (Lipinski definition) is 0. The van der Waals surface area contributed by atoms with Crippen molar-refractivity contribution in [2.24, 2.45) is 0 Å². The van der Waals surface area contributed by atoms with E-state index in [1.807, 2.05) is 36.4 Å². The van der Waals surface area contributed by atoms with Crippen molar-refractivity contribution < 1.29 is 4.74 Å². The van der Waals surface area contributed by atoms with Crippen molar-refractivity contribution in [3.63, 3.8) is 0 Å². The fraction of sp³-hybridized carbons (Fsp3) is 0.0200. The van der Waals surface area contributed by atoms with E-state index in [1.165, 1.54) is 27.8 Å². The smallest absolute Gasteiger partial charge is 0.164 e. The van der Waals surface area contributed by atoms with Gasteiger partial charge in [0.15, 0.2) is 17.5 Å². The number of aromatic nitrogens is 3. The lowest BCUT2D eigenvalue weighted by molar-refractivity contribution is 0.441. The van der Waals surface area contributed by atoms with Gasteiger partial charge in [-0.15, -0.1) is 0 Å². The molecular weight excluding hydrogens is 659 g/mol. The van der Waals surface area contributed by atoms with Gasteiger partial charge in [-0.05, 0) is 44.8 Å². The molecular formula is C50H31N3O. The van der Waals surface area contributed by atoms with Crippen LogP contribution in [0, 0.1) is 0 Å². The van der Waals surface area contributed by atoms with Gasteiger partial charge in [0.05, 0.1) is 5.41 Å². The van der Waals surface area contributed by atoms with Crippen LogP contribution < -0.4 is 4.74 Å². The van der Waals surface area contributed by atoms with Gasteiger partial charge < -0.3 is 4.74 Å². The Morgan fingerprint density at radius 3 is 1.50 bits per heavy atom. The summed E-state index contributed by atoms with van der Waals surface area (Å²) < 4.78 is 6.98. The molecule has 0 unspecified atom stereocenters. The van der Waals surface area contributed by atoms with Gasteiger partial charge in [-0.2, -0.15) is 0 Å². The van der Waals surface area contributed by atoms with Crippen molar-refractivity contribution in [1.29, 1.82) is 0 Å². The summed E-state index contributed by atoms with van der Waals surface area (Å²) >= 11 is 0. The zero-order chi connectivity index (χ0) is 35.6. The molecule has 0 saturated heterocycles. The average molecular weight is 690 g/mol. The maximum atomic E-state index is 6.98. The van der Waals surface area contributed by atoms with E-state index >= 15 is 0 Å². The summed E-state index contributed by atoms with van der Waals surface area (Å²) in [5, 5.41) is 2.03. The molecule has 54 heavy (non-hydrogen) atoms. The van der Waals surface area contributed by atoms with Gasteiger partial charge >= 0.3 is 0 Å². The van der Waals surface area contributed by atoms with Crippen LogP contribution in [-0.4, -0.2) is 15.0 Å². The highest BCUT2D eigenvalue weighted by atomic mass is 16.5. The van der Waals surface area contributed by atoms with Crippen LogP contribution in [0.3, 0.4) is 0 Å². The van der Waals surface area contributed by atoms with Crippen molar-refractivity contribution in [2.75, 3.05) is 0 Å². The van der Waals surface area contributed by atoms with Gasteiger partial charge in [0, 0.05) is 33.2 Å². The minimum Gasteiger partial charge on any atom is -0.456 e. The summed E-state index contributed by atoms with van der Waals surface area (Å²) in [4.78, 5) is 15.3. The Balaban J connectivity index is 1.13. The molecule has 2 aliphatic rings. The van der Waals surface area contributed by atoms with Gasteiger partial charge in [-0.1, -0.05) is 182 Å². The van der Waals surface area contributed by atoms with Gasteiger partial charge in [0.1, 0.15) is 11.5 Å². The molecule has 252 valence electrons. The fourth-order valence-electron chi connectivity index (χ4n) is 8.65. The van der Waals surface area contributed by atoms with Crippen molar-refractivity contribution in [2.45, 2.75) is 5.41 Å². The fourth-order valence-corrected chi connectivity index (χ4v) is 8.65. The Morgan fingerprint density at radius 2 is 0.815 bits per heavy atom. The average Bonchev–Trinajstić information content (AvgIpc) is 3.54. The second-order valence-electron chi connectivity index (χ2n) is 13.9. The molecule has 1 aromatic heterocycles. The van der Waals surface area contributed by atoms with Crippen LogP contribution in [0.5, 0.6) is 11.5 Å². The van der Waals surface area contributed by atoms with E-state index < -0.39 is 5.41 Å². The van der Waals surface area contributed by atoms with Gasteiger partial charge in [-0.3, -0.25) is 0 Å². The minimum absolute atomic E-state index is 0.533. The molecule has 0 fully saturated rings. The highest BCUT2D eigenvalue weighted by molar-refractivity contribution is 6.02. The zero-order valence-corrected chi connectivity index (χ0v) is 29.1. The first-order valence-electron chi connectivity index (χ1n) is 18.3. The Labute approximate surface area is 313 Å². The van der Waals surface area contributed by atoms with Gasteiger partial charge in [0.25, 0.3) is 0 Å². The van der Waals surface area contributed by atoms with E-state index in [2.05, 4.69) is 152 Å². The van der Waals surface area contributed by atoms with Crippen LogP contribution in [0.4, 0.5) is 0 Å².